The first-order chi connectivity index (χ1) is 7.49. The van der Waals surface area contributed by atoms with E-state index in [9.17, 15) is 9.59 Å². The highest BCUT2D eigenvalue weighted by Gasteiger charge is 2.24. The zero-order valence-electron chi connectivity index (χ0n) is 10.1. The van der Waals surface area contributed by atoms with Gasteiger partial charge in [-0.3, -0.25) is 9.59 Å². The van der Waals surface area contributed by atoms with Gasteiger partial charge in [0.05, 0.1) is 0 Å². The highest BCUT2D eigenvalue weighted by molar-refractivity contribution is 5.72. The highest BCUT2D eigenvalue weighted by Crippen LogP contribution is 2.31. The molecule has 0 saturated heterocycles. The number of amides is 1. The molecule has 1 fully saturated rings. The largest absolute Gasteiger partial charge is 0.481 e. The lowest BCUT2D eigenvalue weighted by molar-refractivity contribution is -0.138. The Kier molecular flexibility index (Phi) is 4.77. The van der Waals surface area contributed by atoms with Gasteiger partial charge >= 0.3 is 5.97 Å². The van der Waals surface area contributed by atoms with Crippen molar-refractivity contribution in [2.75, 3.05) is 13.6 Å². The first kappa shape index (κ1) is 13.0. The van der Waals surface area contributed by atoms with Crippen molar-refractivity contribution in [3.8, 4) is 0 Å². The molecule has 0 aliphatic heterocycles. The van der Waals surface area contributed by atoms with Crippen LogP contribution in [0.1, 0.15) is 39.0 Å². The molecule has 0 radical (unpaired) electrons. The molecule has 0 heterocycles. The summed E-state index contributed by atoms with van der Waals surface area (Å²) < 4.78 is 0. The van der Waals surface area contributed by atoms with Gasteiger partial charge in [-0.2, -0.15) is 0 Å². The van der Waals surface area contributed by atoms with Crippen LogP contribution >= 0.6 is 0 Å². The molecular formula is C12H21NO3. The monoisotopic (exact) mass is 227 g/mol. The molecule has 1 rings (SSSR count). The van der Waals surface area contributed by atoms with Gasteiger partial charge in [0.1, 0.15) is 0 Å². The zero-order valence-corrected chi connectivity index (χ0v) is 10.1. The molecule has 0 atom stereocenters. The standard InChI is InChI=1S/C12H21NO3/c1-9(14)13(2)8-11-5-3-10(4-6-11)7-12(15)16/h10-11H,3-8H2,1-2H3,(H,15,16)/t10-,11-. The summed E-state index contributed by atoms with van der Waals surface area (Å²) in [6.45, 7) is 2.39. The van der Waals surface area contributed by atoms with Gasteiger partial charge in [-0.15, -0.1) is 0 Å². The average molecular weight is 227 g/mol. The highest BCUT2D eigenvalue weighted by atomic mass is 16.4. The van der Waals surface area contributed by atoms with Crippen LogP contribution in [0.5, 0.6) is 0 Å². The summed E-state index contributed by atoms with van der Waals surface area (Å²) in [5.74, 6) is 0.312. The van der Waals surface area contributed by atoms with Crippen molar-refractivity contribution >= 4 is 11.9 Å². The summed E-state index contributed by atoms with van der Waals surface area (Å²) in [7, 11) is 1.83. The van der Waals surface area contributed by atoms with Crippen molar-refractivity contribution in [3.05, 3.63) is 0 Å². The molecule has 0 aromatic heterocycles. The van der Waals surface area contributed by atoms with Crippen LogP contribution in [0.25, 0.3) is 0 Å². The first-order valence-electron chi connectivity index (χ1n) is 5.92. The Morgan fingerprint density at radius 2 is 1.69 bits per heavy atom. The van der Waals surface area contributed by atoms with E-state index in [1.807, 2.05) is 7.05 Å². The van der Waals surface area contributed by atoms with Crippen LogP contribution in [0.2, 0.25) is 0 Å². The van der Waals surface area contributed by atoms with Crippen molar-refractivity contribution in [1.29, 1.82) is 0 Å². The average Bonchev–Trinajstić information content (AvgIpc) is 2.20. The molecule has 1 amide bonds. The molecule has 4 heteroatoms. The number of carbonyl (C=O) groups excluding carboxylic acids is 1. The Bertz CT molecular complexity index is 257. The fraction of sp³-hybridized carbons (Fsp3) is 0.833. The van der Waals surface area contributed by atoms with Gasteiger partial charge in [-0.25, -0.2) is 0 Å². The number of hydrogen-bond acceptors (Lipinski definition) is 2. The van der Waals surface area contributed by atoms with E-state index in [0.29, 0.717) is 18.3 Å². The van der Waals surface area contributed by atoms with E-state index in [-0.39, 0.29) is 5.91 Å². The van der Waals surface area contributed by atoms with Crippen LogP contribution in [0, 0.1) is 11.8 Å². The van der Waals surface area contributed by atoms with E-state index in [1.165, 1.54) is 0 Å². The third kappa shape index (κ3) is 4.21. The summed E-state index contributed by atoms with van der Waals surface area (Å²) in [6.07, 6.45) is 4.38. The minimum Gasteiger partial charge on any atom is -0.481 e. The Morgan fingerprint density at radius 3 is 2.12 bits per heavy atom. The predicted molar refractivity (Wildman–Crippen MR) is 61.0 cm³/mol. The maximum absolute atomic E-state index is 11.1. The second-order valence-corrected chi connectivity index (χ2v) is 4.88. The Hall–Kier alpha value is -1.06. The van der Waals surface area contributed by atoms with Gasteiger partial charge in [-0.05, 0) is 37.5 Å². The topological polar surface area (TPSA) is 57.6 Å². The number of carboxylic acid groups (broad SMARTS) is 1. The third-order valence-electron chi connectivity index (χ3n) is 3.50. The molecule has 0 unspecified atom stereocenters. The minimum atomic E-state index is -0.690. The van der Waals surface area contributed by atoms with E-state index in [0.717, 1.165) is 32.2 Å². The van der Waals surface area contributed by atoms with Gasteiger partial charge in [0, 0.05) is 26.9 Å². The number of hydrogen-bond donors (Lipinski definition) is 1. The van der Waals surface area contributed by atoms with Crippen molar-refractivity contribution in [1.82, 2.24) is 4.90 Å². The van der Waals surface area contributed by atoms with Gasteiger partial charge in [-0.1, -0.05) is 0 Å². The van der Waals surface area contributed by atoms with Crippen molar-refractivity contribution in [2.24, 2.45) is 11.8 Å². The van der Waals surface area contributed by atoms with Crippen molar-refractivity contribution in [2.45, 2.75) is 39.0 Å². The lowest BCUT2D eigenvalue weighted by atomic mass is 9.80. The Balaban J connectivity index is 2.26. The zero-order chi connectivity index (χ0) is 12.1. The summed E-state index contributed by atoms with van der Waals surface area (Å²) in [6, 6.07) is 0. The van der Waals surface area contributed by atoms with Gasteiger partial charge in [0.15, 0.2) is 0 Å². The third-order valence-corrected chi connectivity index (χ3v) is 3.50. The fourth-order valence-corrected chi connectivity index (χ4v) is 2.38. The first-order valence-corrected chi connectivity index (χ1v) is 5.92. The van der Waals surface area contributed by atoms with Crippen molar-refractivity contribution in [3.63, 3.8) is 0 Å². The number of nitrogens with zero attached hydrogens (tertiary/aromatic N) is 1. The van der Waals surface area contributed by atoms with E-state index >= 15 is 0 Å². The van der Waals surface area contributed by atoms with Crippen LogP contribution in [-0.2, 0) is 9.59 Å². The Labute approximate surface area is 96.6 Å². The molecule has 1 aliphatic rings. The maximum atomic E-state index is 11.1. The lowest BCUT2D eigenvalue weighted by Gasteiger charge is -2.30. The number of carbonyl (C=O) groups is 2. The molecule has 0 bridgehead atoms. The van der Waals surface area contributed by atoms with Gasteiger partial charge in [0.25, 0.3) is 0 Å². The minimum absolute atomic E-state index is 0.104. The van der Waals surface area contributed by atoms with Crippen LogP contribution in [0.3, 0.4) is 0 Å². The van der Waals surface area contributed by atoms with E-state index < -0.39 is 5.97 Å². The van der Waals surface area contributed by atoms with Crippen LogP contribution in [-0.4, -0.2) is 35.5 Å². The van der Waals surface area contributed by atoms with E-state index in [2.05, 4.69) is 0 Å². The molecule has 1 aliphatic carbocycles. The molecular weight excluding hydrogens is 206 g/mol. The van der Waals surface area contributed by atoms with Gasteiger partial charge < -0.3 is 10.0 Å². The SMILES string of the molecule is CC(=O)N(C)C[C@H]1CC[C@H](CC(=O)O)CC1. The van der Waals surface area contributed by atoms with Crippen LogP contribution in [0.4, 0.5) is 0 Å². The summed E-state index contributed by atoms with van der Waals surface area (Å²) in [4.78, 5) is 23.4. The normalized spacial score (nSPS) is 25.1. The molecule has 0 aromatic rings. The molecule has 16 heavy (non-hydrogen) atoms. The smallest absolute Gasteiger partial charge is 0.303 e. The quantitative estimate of drug-likeness (QED) is 0.796. The second kappa shape index (κ2) is 5.87. The maximum Gasteiger partial charge on any atom is 0.303 e. The fourth-order valence-electron chi connectivity index (χ4n) is 2.38. The van der Waals surface area contributed by atoms with E-state index in [4.69, 9.17) is 5.11 Å². The molecule has 0 aromatic carbocycles. The van der Waals surface area contributed by atoms with E-state index in [1.54, 1.807) is 11.8 Å². The molecule has 0 spiro atoms. The molecule has 1 saturated carbocycles. The van der Waals surface area contributed by atoms with Gasteiger partial charge in [0.2, 0.25) is 5.91 Å². The van der Waals surface area contributed by atoms with Crippen LogP contribution < -0.4 is 0 Å². The number of carboxylic acids is 1. The summed E-state index contributed by atoms with van der Waals surface area (Å²) in [5.41, 5.74) is 0. The predicted octanol–water partition coefficient (Wildman–Crippen LogP) is 1.75. The number of rotatable bonds is 4. The second-order valence-electron chi connectivity index (χ2n) is 4.88. The summed E-state index contributed by atoms with van der Waals surface area (Å²) in [5, 5.41) is 8.70. The Morgan fingerprint density at radius 1 is 1.19 bits per heavy atom. The number of aliphatic carboxylic acids is 1. The molecule has 92 valence electrons. The summed E-state index contributed by atoms with van der Waals surface area (Å²) >= 11 is 0. The molecule has 4 nitrogen and oxygen atoms in total. The van der Waals surface area contributed by atoms with Crippen LogP contribution in [0.15, 0.2) is 0 Å². The molecule has 1 N–H and O–H groups in total. The lowest BCUT2D eigenvalue weighted by Crippen LogP contribution is -2.32. The van der Waals surface area contributed by atoms with Crippen molar-refractivity contribution < 1.29 is 14.7 Å².